The first kappa shape index (κ1) is 16.9. The molecule has 1 unspecified atom stereocenters. The lowest BCUT2D eigenvalue weighted by molar-refractivity contribution is 0.0546. The molecule has 1 rings (SSSR count). The number of nitrogens with zero attached hydrogens (tertiary/aromatic N) is 1. The van der Waals surface area contributed by atoms with Crippen LogP contribution in [0.1, 0.15) is 24.5 Å². The molecule has 0 radical (unpaired) electrons. The fourth-order valence-corrected chi connectivity index (χ4v) is 2.23. The number of hydrogen-bond acceptors (Lipinski definition) is 3. The van der Waals surface area contributed by atoms with E-state index in [-0.39, 0.29) is 0 Å². The molecule has 0 aliphatic heterocycles. The van der Waals surface area contributed by atoms with Crippen LogP contribution in [-0.2, 0) is 11.3 Å². The predicted molar refractivity (Wildman–Crippen MR) is 83.8 cm³/mol. The minimum absolute atomic E-state index is 0.578. The van der Waals surface area contributed by atoms with Gasteiger partial charge in [-0.2, -0.15) is 0 Å². The highest BCUT2D eigenvalue weighted by atomic mass is 16.5. The number of methoxy groups -OCH3 is 1. The largest absolute Gasteiger partial charge is 0.385 e. The summed E-state index contributed by atoms with van der Waals surface area (Å²) in [6.45, 7) is 10.6. The smallest absolute Gasteiger partial charge is 0.0923 e. The van der Waals surface area contributed by atoms with Gasteiger partial charge in [0.15, 0.2) is 0 Å². The average molecular weight is 277 g/mol. The lowest BCUT2D eigenvalue weighted by Crippen LogP contribution is -2.39. The molecule has 1 atom stereocenters. The number of aryl methyl sites for hydroxylation is 1. The maximum Gasteiger partial charge on any atom is 0.0923 e. The van der Waals surface area contributed by atoms with Crippen LogP contribution < -0.4 is 0 Å². The highest BCUT2D eigenvalue weighted by molar-refractivity contribution is 5.22. The topological polar surface area (TPSA) is 32.7 Å². The van der Waals surface area contributed by atoms with Gasteiger partial charge in [-0.1, -0.05) is 35.9 Å². The molecule has 1 aromatic carbocycles. The van der Waals surface area contributed by atoms with Gasteiger partial charge < -0.3 is 9.84 Å². The second-order valence-corrected chi connectivity index (χ2v) is 5.61. The Morgan fingerprint density at radius 1 is 1.45 bits per heavy atom. The Kier molecular flexibility index (Phi) is 6.93. The zero-order valence-electron chi connectivity index (χ0n) is 12.9. The van der Waals surface area contributed by atoms with Crippen LogP contribution in [0.5, 0.6) is 0 Å². The molecular formula is C17H27NO2. The Labute approximate surface area is 122 Å². The summed E-state index contributed by atoms with van der Waals surface area (Å²) in [5.74, 6) is 0. The van der Waals surface area contributed by atoms with Crippen LogP contribution in [0.2, 0.25) is 0 Å². The maximum absolute atomic E-state index is 10.2. The SMILES string of the molecule is C=CC(C)(O)CN(CCCOC)Cc1cccc(C)c1. The average Bonchev–Trinajstić information content (AvgIpc) is 2.38. The van der Waals surface area contributed by atoms with Crippen molar-refractivity contribution in [1.82, 2.24) is 4.90 Å². The fourth-order valence-electron chi connectivity index (χ4n) is 2.23. The Balaban J connectivity index is 2.68. The summed E-state index contributed by atoms with van der Waals surface area (Å²) >= 11 is 0. The molecule has 0 heterocycles. The first-order chi connectivity index (χ1) is 9.46. The van der Waals surface area contributed by atoms with Crippen LogP contribution in [0.15, 0.2) is 36.9 Å². The summed E-state index contributed by atoms with van der Waals surface area (Å²) in [6.07, 6.45) is 2.56. The lowest BCUT2D eigenvalue weighted by atomic mass is 10.1. The molecule has 1 N–H and O–H groups in total. The van der Waals surface area contributed by atoms with Crippen LogP contribution in [0, 0.1) is 6.92 Å². The molecule has 1 aromatic rings. The van der Waals surface area contributed by atoms with E-state index in [4.69, 9.17) is 4.74 Å². The maximum atomic E-state index is 10.2. The van der Waals surface area contributed by atoms with Crippen LogP contribution in [0.4, 0.5) is 0 Å². The third-order valence-electron chi connectivity index (χ3n) is 3.29. The fraction of sp³-hybridized carbons (Fsp3) is 0.529. The number of rotatable bonds is 9. The van der Waals surface area contributed by atoms with Gasteiger partial charge in [-0.05, 0) is 25.8 Å². The van der Waals surface area contributed by atoms with E-state index in [1.807, 2.05) is 0 Å². The van der Waals surface area contributed by atoms with Crippen LogP contribution >= 0.6 is 0 Å². The quantitative estimate of drug-likeness (QED) is 0.556. The molecule has 0 aliphatic carbocycles. The van der Waals surface area contributed by atoms with E-state index in [2.05, 4.69) is 42.7 Å². The third-order valence-corrected chi connectivity index (χ3v) is 3.29. The highest BCUT2D eigenvalue weighted by Crippen LogP contribution is 2.13. The minimum atomic E-state index is -0.864. The first-order valence-electron chi connectivity index (χ1n) is 7.09. The Hall–Kier alpha value is -1.16. The van der Waals surface area contributed by atoms with E-state index < -0.39 is 5.60 Å². The summed E-state index contributed by atoms with van der Waals surface area (Å²) in [4.78, 5) is 2.25. The molecule has 0 amide bonds. The zero-order chi connectivity index (χ0) is 15.0. The standard InChI is InChI=1S/C17H27NO2/c1-5-17(3,19)14-18(10-7-11-20-4)13-16-9-6-8-15(2)12-16/h5-6,8-9,12,19H,1,7,10-11,13-14H2,2-4H3. The first-order valence-corrected chi connectivity index (χ1v) is 7.09. The van der Waals surface area contributed by atoms with Crippen LogP contribution in [0.25, 0.3) is 0 Å². The van der Waals surface area contributed by atoms with Crippen molar-refractivity contribution >= 4 is 0 Å². The molecule has 0 bridgehead atoms. The van der Waals surface area contributed by atoms with E-state index in [9.17, 15) is 5.11 Å². The summed E-state index contributed by atoms with van der Waals surface area (Å²) < 4.78 is 5.11. The van der Waals surface area contributed by atoms with Gasteiger partial charge in [0.05, 0.1) is 5.60 Å². The van der Waals surface area contributed by atoms with E-state index in [0.717, 1.165) is 26.1 Å². The Morgan fingerprint density at radius 2 is 2.20 bits per heavy atom. The molecule has 3 heteroatoms. The second-order valence-electron chi connectivity index (χ2n) is 5.61. The van der Waals surface area contributed by atoms with Crippen molar-refractivity contribution in [3.05, 3.63) is 48.0 Å². The summed E-state index contributed by atoms with van der Waals surface area (Å²) in [5, 5.41) is 10.2. The highest BCUT2D eigenvalue weighted by Gasteiger charge is 2.20. The molecule has 20 heavy (non-hydrogen) atoms. The number of aliphatic hydroxyl groups is 1. The molecule has 0 aromatic heterocycles. The second kappa shape index (κ2) is 8.20. The van der Waals surface area contributed by atoms with Crippen LogP contribution in [-0.4, -0.2) is 42.4 Å². The molecule has 0 aliphatic rings. The molecule has 0 spiro atoms. The van der Waals surface area contributed by atoms with Crippen molar-refractivity contribution < 1.29 is 9.84 Å². The van der Waals surface area contributed by atoms with Gasteiger partial charge in [-0.3, -0.25) is 4.90 Å². The third kappa shape index (κ3) is 6.33. The molecule has 0 saturated heterocycles. The van der Waals surface area contributed by atoms with Gasteiger partial charge in [0, 0.05) is 33.4 Å². The van der Waals surface area contributed by atoms with Gasteiger partial charge in [0.2, 0.25) is 0 Å². The van der Waals surface area contributed by atoms with E-state index in [0.29, 0.717) is 6.54 Å². The lowest BCUT2D eigenvalue weighted by Gasteiger charge is -2.29. The molecule has 0 saturated carbocycles. The number of hydrogen-bond donors (Lipinski definition) is 1. The van der Waals surface area contributed by atoms with Crippen molar-refractivity contribution in [3.8, 4) is 0 Å². The van der Waals surface area contributed by atoms with Crippen molar-refractivity contribution in [1.29, 1.82) is 0 Å². The number of benzene rings is 1. The monoisotopic (exact) mass is 277 g/mol. The van der Waals surface area contributed by atoms with Crippen molar-refractivity contribution in [3.63, 3.8) is 0 Å². The summed E-state index contributed by atoms with van der Waals surface area (Å²) in [6, 6.07) is 8.48. The van der Waals surface area contributed by atoms with Gasteiger partial charge in [-0.25, -0.2) is 0 Å². The predicted octanol–water partition coefficient (Wildman–Crippen LogP) is 2.77. The Bertz CT molecular complexity index is 415. The van der Waals surface area contributed by atoms with Gasteiger partial charge in [0.25, 0.3) is 0 Å². The summed E-state index contributed by atoms with van der Waals surface area (Å²) in [7, 11) is 1.71. The normalized spacial score (nSPS) is 14.2. The van der Waals surface area contributed by atoms with Crippen molar-refractivity contribution in [2.45, 2.75) is 32.4 Å². The van der Waals surface area contributed by atoms with E-state index in [1.54, 1.807) is 20.1 Å². The van der Waals surface area contributed by atoms with Gasteiger partial charge >= 0.3 is 0 Å². The molecule has 0 fully saturated rings. The van der Waals surface area contributed by atoms with Crippen molar-refractivity contribution in [2.24, 2.45) is 0 Å². The van der Waals surface area contributed by atoms with Crippen molar-refractivity contribution in [2.75, 3.05) is 26.8 Å². The summed E-state index contributed by atoms with van der Waals surface area (Å²) in [5.41, 5.74) is 1.66. The number of ether oxygens (including phenoxy) is 1. The minimum Gasteiger partial charge on any atom is -0.385 e. The van der Waals surface area contributed by atoms with E-state index in [1.165, 1.54) is 11.1 Å². The zero-order valence-corrected chi connectivity index (χ0v) is 12.9. The molecule has 3 nitrogen and oxygen atoms in total. The van der Waals surface area contributed by atoms with Crippen LogP contribution in [0.3, 0.4) is 0 Å². The molecular weight excluding hydrogens is 250 g/mol. The van der Waals surface area contributed by atoms with Gasteiger partial charge in [0.1, 0.15) is 0 Å². The molecule has 112 valence electrons. The van der Waals surface area contributed by atoms with Gasteiger partial charge in [-0.15, -0.1) is 6.58 Å². The Morgan fingerprint density at radius 3 is 2.80 bits per heavy atom. The van der Waals surface area contributed by atoms with E-state index >= 15 is 0 Å².